The Morgan fingerprint density at radius 2 is 1.71 bits per heavy atom. The minimum Gasteiger partial charge on any atom is -0.355 e. The van der Waals surface area contributed by atoms with Crippen molar-refractivity contribution in [3.63, 3.8) is 0 Å². The maximum absolute atomic E-state index is 12.0. The first-order valence-electron chi connectivity index (χ1n) is 8.66. The van der Waals surface area contributed by atoms with Crippen LogP contribution in [0, 0.1) is 0 Å². The van der Waals surface area contributed by atoms with Crippen molar-refractivity contribution in [2.45, 2.75) is 6.42 Å². The SMILES string of the molecule is CNC(=O)c1cncc(/C=C/C(=O)NCCCNC(=O)c2ccc(Br)cc2)c1. The molecular weight excluding hydrogens is 424 g/mol. The van der Waals surface area contributed by atoms with Gasteiger partial charge in [-0.15, -0.1) is 0 Å². The van der Waals surface area contributed by atoms with E-state index in [1.165, 1.54) is 12.3 Å². The molecule has 0 spiro atoms. The van der Waals surface area contributed by atoms with Gasteiger partial charge in [-0.1, -0.05) is 15.9 Å². The van der Waals surface area contributed by atoms with E-state index in [1.54, 1.807) is 49.7 Å². The Balaban J connectivity index is 1.70. The molecule has 0 radical (unpaired) electrons. The van der Waals surface area contributed by atoms with E-state index in [0.29, 0.717) is 36.2 Å². The number of pyridine rings is 1. The van der Waals surface area contributed by atoms with Crippen molar-refractivity contribution < 1.29 is 14.4 Å². The number of nitrogens with one attached hydrogen (secondary N) is 3. The zero-order valence-electron chi connectivity index (χ0n) is 15.4. The van der Waals surface area contributed by atoms with E-state index in [-0.39, 0.29) is 17.7 Å². The van der Waals surface area contributed by atoms with Crippen LogP contribution in [0.1, 0.15) is 32.7 Å². The molecule has 0 aliphatic heterocycles. The zero-order valence-corrected chi connectivity index (χ0v) is 17.0. The molecule has 1 heterocycles. The summed E-state index contributed by atoms with van der Waals surface area (Å²) in [7, 11) is 1.54. The summed E-state index contributed by atoms with van der Waals surface area (Å²) >= 11 is 3.32. The number of carbonyl (C=O) groups excluding carboxylic acids is 3. The molecule has 0 aliphatic rings. The molecule has 2 aromatic rings. The average molecular weight is 445 g/mol. The van der Waals surface area contributed by atoms with Crippen molar-refractivity contribution in [3.8, 4) is 0 Å². The van der Waals surface area contributed by atoms with Gasteiger partial charge in [-0.05, 0) is 48.4 Å². The van der Waals surface area contributed by atoms with Gasteiger partial charge in [0, 0.05) is 48.6 Å². The standard InChI is InChI=1S/C20H21BrN4O3/c1-22-19(27)16-11-14(12-23-13-16)3-8-18(26)24-9-2-10-25-20(28)15-4-6-17(21)7-5-15/h3-8,11-13H,2,9-10H2,1H3,(H,22,27)(H,24,26)(H,25,28)/b8-3+. The van der Waals surface area contributed by atoms with Crippen LogP contribution < -0.4 is 16.0 Å². The van der Waals surface area contributed by atoms with Crippen LogP contribution in [-0.4, -0.2) is 42.8 Å². The van der Waals surface area contributed by atoms with Crippen LogP contribution >= 0.6 is 15.9 Å². The molecule has 28 heavy (non-hydrogen) atoms. The van der Waals surface area contributed by atoms with Crippen molar-refractivity contribution in [3.05, 3.63) is 70.0 Å². The van der Waals surface area contributed by atoms with Crippen LogP contribution in [0.2, 0.25) is 0 Å². The lowest BCUT2D eigenvalue weighted by Crippen LogP contribution is -2.29. The van der Waals surface area contributed by atoms with Crippen molar-refractivity contribution >= 4 is 39.7 Å². The first kappa shape index (κ1) is 21.3. The predicted molar refractivity (Wildman–Crippen MR) is 111 cm³/mol. The first-order valence-corrected chi connectivity index (χ1v) is 9.45. The number of benzene rings is 1. The van der Waals surface area contributed by atoms with Gasteiger partial charge in [0.1, 0.15) is 0 Å². The molecule has 2 rings (SSSR count). The van der Waals surface area contributed by atoms with Gasteiger partial charge >= 0.3 is 0 Å². The van der Waals surface area contributed by atoms with E-state index >= 15 is 0 Å². The lowest BCUT2D eigenvalue weighted by molar-refractivity contribution is -0.116. The summed E-state index contributed by atoms with van der Waals surface area (Å²) in [4.78, 5) is 39.4. The monoisotopic (exact) mass is 444 g/mol. The van der Waals surface area contributed by atoms with Crippen LogP contribution in [0.15, 0.2) is 53.3 Å². The molecule has 0 saturated heterocycles. The normalized spacial score (nSPS) is 10.5. The zero-order chi connectivity index (χ0) is 20.4. The summed E-state index contributed by atoms with van der Waals surface area (Å²) in [5.41, 5.74) is 1.66. The third kappa shape index (κ3) is 6.96. The first-order chi connectivity index (χ1) is 13.5. The highest BCUT2D eigenvalue weighted by atomic mass is 79.9. The molecule has 0 saturated carbocycles. The van der Waals surface area contributed by atoms with E-state index < -0.39 is 0 Å². The summed E-state index contributed by atoms with van der Waals surface area (Å²) in [5, 5.41) is 8.06. The second-order valence-corrected chi connectivity index (χ2v) is 6.74. The van der Waals surface area contributed by atoms with Crippen LogP contribution in [0.25, 0.3) is 6.08 Å². The lowest BCUT2D eigenvalue weighted by atomic mass is 10.2. The van der Waals surface area contributed by atoms with E-state index in [1.807, 2.05) is 0 Å². The Hall–Kier alpha value is -3.00. The molecule has 146 valence electrons. The van der Waals surface area contributed by atoms with Gasteiger partial charge in [0.15, 0.2) is 0 Å². The summed E-state index contributed by atoms with van der Waals surface area (Å²) in [5.74, 6) is -0.649. The third-order valence-electron chi connectivity index (χ3n) is 3.72. The van der Waals surface area contributed by atoms with Crippen molar-refractivity contribution in [1.82, 2.24) is 20.9 Å². The number of hydrogen-bond acceptors (Lipinski definition) is 4. The summed E-state index contributed by atoms with van der Waals surface area (Å²) in [6, 6.07) is 8.73. The van der Waals surface area contributed by atoms with Gasteiger partial charge in [-0.2, -0.15) is 0 Å². The molecule has 7 nitrogen and oxygen atoms in total. The van der Waals surface area contributed by atoms with Gasteiger partial charge in [-0.25, -0.2) is 0 Å². The topological polar surface area (TPSA) is 100 Å². The number of rotatable bonds is 8. The number of hydrogen-bond donors (Lipinski definition) is 3. The Kier molecular flexibility index (Phi) is 8.36. The Labute approximate surface area is 171 Å². The highest BCUT2D eigenvalue weighted by Crippen LogP contribution is 2.10. The molecule has 0 aliphatic carbocycles. The maximum atomic E-state index is 12.0. The Morgan fingerprint density at radius 1 is 1.00 bits per heavy atom. The molecule has 0 unspecified atom stereocenters. The maximum Gasteiger partial charge on any atom is 0.252 e. The molecule has 0 atom stereocenters. The Bertz CT molecular complexity index is 866. The van der Waals surface area contributed by atoms with Gasteiger partial charge < -0.3 is 16.0 Å². The smallest absolute Gasteiger partial charge is 0.252 e. The molecule has 1 aromatic carbocycles. The highest BCUT2D eigenvalue weighted by Gasteiger charge is 2.05. The number of amides is 3. The number of carbonyl (C=O) groups is 3. The quantitative estimate of drug-likeness (QED) is 0.428. The van der Waals surface area contributed by atoms with Gasteiger partial charge in [-0.3, -0.25) is 19.4 Å². The predicted octanol–water partition coefficient (Wildman–Crippen LogP) is 2.15. The minimum absolute atomic E-state index is 0.151. The van der Waals surface area contributed by atoms with Crippen LogP contribution in [0.3, 0.4) is 0 Å². The summed E-state index contributed by atoms with van der Waals surface area (Å²) in [6.45, 7) is 0.886. The summed E-state index contributed by atoms with van der Waals surface area (Å²) in [6.07, 6.45) is 6.59. The molecule has 3 amide bonds. The minimum atomic E-state index is -0.260. The van der Waals surface area contributed by atoms with Crippen molar-refractivity contribution in [2.75, 3.05) is 20.1 Å². The van der Waals surface area contributed by atoms with E-state index in [0.717, 1.165) is 4.47 Å². The van der Waals surface area contributed by atoms with Crippen molar-refractivity contribution in [2.24, 2.45) is 0 Å². The fourth-order valence-corrected chi connectivity index (χ4v) is 2.52. The molecule has 1 aromatic heterocycles. The van der Waals surface area contributed by atoms with Crippen LogP contribution in [0.4, 0.5) is 0 Å². The number of aromatic nitrogens is 1. The second kappa shape index (κ2) is 11.0. The van der Waals surface area contributed by atoms with Gasteiger partial charge in [0.05, 0.1) is 5.56 Å². The molecule has 0 bridgehead atoms. The van der Waals surface area contributed by atoms with Gasteiger partial charge in [0.2, 0.25) is 5.91 Å². The largest absolute Gasteiger partial charge is 0.355 e. The number of nitrogens with zero attached hydrogens (tertiary/aromatic N) is 1. The van der Waals surface area contributed by atoms with Gasteiger partial charge in [0.25, 0.3) is 11.8 Å². The molecule has 3 N–H and O–H groups in total. The highest BCUT2D eigenvalue weighted by molar-refractivity contribution is 9.10. The molecular formula is C20H21BrN4O3. The summed E-state index contributed by atoms with van der Waals surface area (Å²) < 4.78 is 0.913. The van der Waals surface area contributed by atoms with Crippen molar-refractivity contribution in [1.29, 1.82) is 0 Å². The molecule has 8 heteroatoms. The van der Waals surface area contributed by atoms with E-state index in [9.17, 15) is 14.4 Å². The van der Waals surface area contributed by atoms with Crippen LogP contribution in [0.5, 0.6) is 0 Å². The Morgan fingerprint density at radius 3 is 2.43 bits per heavy atom. The van der Waals surface area contributed by atoms with E-state index in [2.05, 4.69) is 36.9 Å². The average Bonchev–Trinajstić information content (AvgIpc) is 2.72. The lowest BCUT2D eigenvalue weighted by Gasteiger charge is -2.06. The fourth-order valence-electron chi connectivity index (χ4n) is 2.25. The fraction of sp³-hybridized carbons (Fsp3) is 0.200. The third-order valence-corrected chi connectivity index (χ3v) is 4.25. The molecule has 0 fully saturated rings. The second-order valence-electron chi connectivity index (χ2n) is 5.83. The van der Waals surface area contributed by atoms with Crippen LogP contribution in [-0.2, 0) is 4.79 Å². The number of halogens is 1. The van der Waals surface area contributed by atoms with E-state index in [4.69, 9.17) is 0 Å².